The molecule has 5 heteroatoms. The summed E-state index contributed by atoms with van der Waals surface area (Å²) in [6, 6.07) is 10.4. The van der Waals surface area contributed by atoms with Gasteiger partial charge in [0.15, 0.2) is 5.96 Å². The fraction of sp³-hybridized carbons (Fsp3) is 0.444. The number of hydrogen-bond acceptors (Lipinski definition) is 3. The highest BCUT2D eigenvalue weighted by atomic mass is 15.3. The molecule has 0 bridgehead atoms. The second-order valence-corrected chi connectivity index (χ2v) is 6.02. The fourth-order valence-electron chi connectivity index (χ4n) is 3.24. The van der Waals surface area contributed by atoms with Crippen molar-refractivity contribution in [1.82, 2.24) is 15.1 Å². The molecule has 120 valence electrons. The predicted molar refractivity (Wildman–Crippen MR) is 92.0 cm³/mol. The maximum Gasteiger partial charge on any atom is 0.193 e. The summed E-state index contributed by atoms with van der Waals surface area (Å²) in [5.74, 6) is 0.962. The van der Waals surface area contributed by atoms with Crippen LogP contribution in [-0.4, -0.2) is 55.0 Å². The molecule has 5 nitrogen and oxygen atoms in total. The van der Waals surface area contributed by atoms with Gasteiger partial charge in [-0.1, -0.05) is 24.3 Å². The quantitative estimate of drug-likeness (QED) is 0.523. The minimum atomic E-state index is 0.624. The summed E-state index contributed by atoms with van der Waals surface area (Å²) < 4.78 is 0. The molecule has 23 heavy (non-hydrogen) atoms. The number of guanidine groups is 1. The molecule has 1 aromatic carbocycles. The van der Waals surface area contributed by atoms with Crippen LogP contribution < -0.4 is 5.32 Å². The normalized spacial score (nSPS) is 21.7. The number of likely N-dealkylation sites (tertiary alicyclic amines) is 1. The average Bonchev–Trinajstić information content (AvgIpc) is 3.27. The van der Waals surface area contributed by atoms with Crippen LogP contribution in [0.25, 0.3) is 0 Å². The Bertz CT molecular complexity index is 618. The lowest BCUT2D eigenvalue weighted by Crippen LogP contribution is -2.42. The third-order valence-electron chi connectivity index (χ3n) is 4.57. The van der Waals surface area contributed by atoms with Crippen molar-refractivity contribution < 1.29 is 0 Å². The molecular weight excluding hydrogens is 286 g/mol. The minimum absolute atomic E-state index is 0.624. The second-order valence-electron chi connectivity index (χ2n) is 6.02. The average molecular weight is 309 g/mol. The smallest absolute Gasteiger partial charge is 0.193 e. The van der Waals surface area contributed by atoms with Crippen molar-refractivity contribution in [2.75, 3.05) is 33.2 Å². The van der Waals surface area contributed by atoms with Crippen molar-refractivity contribution >= 4 is 5.96 Å². The van der Waals surface area contributed by atoms with Gasteiger partial charge >= 0.3 is 0 Å². The van der Waals surface area contributed by atoms with E-state index < -0.39 is 0 Å². The Morgan fingerprint density at radius 2 is 2.04 bits per heavy atom. The molecule has 2 aliphatic heterocycles. The molecule has 0 aromatic heterocycles. The van der Waals surface area contributed by atoms with E-state index in [1.165, 1.54) is 6.42 Å². The molecule has 2 aliphatic rings. The van der Waals surface area contributed by atoms with Gasteiger partial charge in [0.1, 0.15) is 0 Å². The summed E-state index contributed by atoms with van der Waals surface area (Å²) in [5.41, 5.74) is 1.85. The van der Waals surface area contributed by atoms with Crippen LogP contribution in [0.5, 0.6) is 0 Å². The Balaban J connectivity index is 1.53. The molecule has 0 saturated carbocycles. The van der Waals surface area contributed by atoms with Crippen molar-refractivity contribution in [3.63, 3.8) is 0 Å². The van der Waals surface area contributed by atoms with Crippen LogP contribution in [0.3, 0.4) is 0 Å². The Morgan fingerprint density at radius 3 is 2.70 bits per heavy atom. The van der Waals surface area contributed by atoms with Gasteiger partial charge in [-0.05, 0) is 24.1 Å². The summed E-state index contributed by atoms with van der Waals surface area (Å²) in [7, 11) is 1.84. The van der Waals surface area contributed by atoms with Gasteiger partial charge in [-0.2, -0.15) is 5.26 Å². The zero-order chi connectivity index (χ0) is 16.1. The van der Waals surface area contributed by atoms with Gasteiger partial charge in [-0.3, -0.25) is 9.89 Å². The first-order chi connectivity index (χ1) is 11.3. The number of nitriles is 1. The molecular formula is C18H23N5. The van der Waals surface area contributed by atoms with Crippen LogP contribution in [0.4, 0.5) is 0 Å². The first-order valence-electron chi connectivity index (χ1n) is 8.14. The van der Waals surface area contributed by atoms with Gasteiger partial charge in [0.2, 0.25) is 0 Å². The Kier molecular flexibility index (Phi) is 4.94. The molecule has 3 rings (SSSR count). The lowest BCUT2D eigenvalue weighted by molar-refractivity contribution is 0.259. The largest absolute Gasteiger partial charge is 0.352 e. The minimum Gasteiger partial charge on any atom is -0.352 e. The van der Waals surface area contributed by atoms with Gasteiger partial charge < -0.3 is 10.2 Å². The van der Waals surface area contributed by atoms with Crippen molar-refractivity contribution in [3.8, 4) is 6.07 Å². The van der Waals surface area contributed by atoms with E-state index in [9.17, 15) is 0 Å². The van der Waals surface area contributed by atoms with E-state index in [4.69, 9.17) is 5.26 Å². The molecule has 1 saturated heterocycles. The Hall–Kier alpha value is -2.32. The Morgan fingerprint density at radius 1 is 1.30 bits per heavy atom. The van der Waals surface area contributed by atoms with E-state index in [1.807, 2.05) is 31.3 Å². The standard InChI is InChI=1S/C18H23N5/c1-20-18(21-13-16-6-4-15(12-19)5-7-16)23-11-8-17(14-23)22-9-2-3-10-22/h2-7,17H,8-11,13-14H2,1H3,(H,20,21). The molecule has 0 aliphatic carbocycles. The van der Waals surface area contributed by atoms with E-state index in [0.717, 1.165) is 44.2 Å². The summed E-state index contributed by atoms with van der Waals surface area (Å²) >= 11 is 0. The van der Waals surface area contributed by atoms with Gasteiger partial charge in [-0.15, -0.1) is 0 Å². The number of nitrogens with one attached hydrogen (secondary N) is 1. The number of nitrogens with zero attached hydrogens (tertiary/aromatic N) is 4. The molecule has 2 heterocycles. The lowest BCUT2D eigenvalue weighted by Gasteiger charge is -2.25. The number of hydrogen-bond donors (Lipinski definition) is 1. The highest BCUT2D eigenvalue weighted by molar-refractivity contribution is 5.80. The van der Waals surface area contributed by atoms with Crippen LogP contribution >= 0.6 is 0 Å². The molecule has 0 amide bonds. The number of aliphatic imine (C=N–C) groups is 1. The molecule has 1 N–H and O–H groups in total. The van der Waals surface area contributed by atoms with Gasteiger partial charge in [0, 0.05) is 45.8 Å². The van der Waals surface area contributed by atoms with Crippen LogP contribution in [0, 0.1) is 11.3 Å². The lowest BCUT2D eigenvalue weighted by atomic mass is 10.1. The van der Waals surface area contributed by atoms with E-state index >= 15 is 0 Å². The molecule has 1 atom stereocenters. The topological polar surface area (TPSA) is 54.7 Å². The van der Waals surface area contributed by atoms with E-state index in [1.54, 1.807) is 0 Å². The van der Waals surface area contributed by atoms with Crippen molar-refractivity contribution in [3.05, 3.63) is 47.5 Å². The zero-order valence-electron chi connectivity index (χ0n) is 13.6. The summed E-state index contributed by atoms with van der Waals surface area (Å²) in [4.78, 5) is 9.29. The third-order valence-corrected chi connectivity index (χ3v) is 4.57. The van der Waals surface area contributed by atoms with Crippen molar-refractivity contribution in [1.29, 1.82) is 5.26 Å². The van der Waals surface area contributed by atoms with Crippen molar-refractivity contribution in [2.45, 2.75) is 19.0 Å². The van der Waals surface area contributed by atoms with Gasteiger partial charge in [0.05, 0.1) is 11.6 Å². The zero-order valence-corrected chi connectivity index (χ0v) is 13.6. The van der Waals surface area contributed by atoms with Crippen LogP contribution in [0.1, 0.15) is 17.5 Å². The number of rotatable bonds is 3. The molecule has 0 radical (unpaired) electrons. The van der Waals surface area contributed by atoms with E-state index in [-0.39, 0.29) is 0 Å². The van der Waals surface area contributed by atoms with E-state index in [0.29, 0.717) is 11.6 Å². The monoisotopic (exact) mass is 309 g/mol. The second kappa shape index (κ2) is 7.30. The Labute approximate surface area is 137 Å². The SMILES string of the molecule is CN=C(NCc1ccc(C#N)cc1)N1CCC(N2CC=CC2)C1. The third kappa shape index (κ3) is 3.72. The van der Waals surface area contributed by atoms with Gasteiger partial charge in [0.25, 0.3) is 0 Å². The molecule has 1 fully saturated rings. The summed E-state index contributed by atoms with van der Waals surface area (Å²) in [6.07, 6.45) is 5.69. The van der Waals surface area contributed by atoms with E-state index in [2.05, 4.69) is 38.3 Å². The highest BCUT2D eigenvalue weighted by Crippen LogP contribution is 2.18. The highest BCUT2D eigenvalue weighted by Gasteiger charge is 2.29. The van der Waals surface area contributed by atoms with Crippen molar-refractivity contribution in [2.24, 2.45) is 4.99 Å². The molecule has 1 aromatic rings. The molecule has 1 unspecified atom stereocenters. The maximum atomic E-state index is 8.84. The molecule has 0 spiro atoms. The predicted octanol–water partition coefficient (Wildman–Crippen LogP) is 1.58. The van der Waals surface area contributed by atoms with Crippen LogP contribution in [-0.2, 0) is 6.54 Å². The number of benzene rings is 1. The first kappa shape index (κ1) is 15.6. The first-order valence-corrected chi connectivity index (χ1v) is 8.14. The fourth-order valence-corrected chi connectivity index (χ4v) is 3.24. The van der Waals surface area contributed by atoms with Crippen LogP contribution in [0.2, 0.25) is 0 Å². The summed E-state index contributed by atoms with van der Waals surface area (Å²) in [6.45, 7) is 4.97. The van der Waals surface area contributed by atoms with Gasteiger partial charge in [-0.25, -0.2) is 0 Å². The maximum absolute atomic E-state index is 8.84. The van der Waals surface area contributed by atoms with Crippen LogP contribution in [0.15, 0.2) is 41.4 Å². The summed E-state index contributed by atoms with van der Waals surface area (Å²) in [5, 5.41) is 12.3.